The van der Waals surface area contributed by atoms with Crippen LogP contribution in [0.5, 0.6) is 0 Å². The number of aromatic nitrogens is 1. The van der Waals surface area contributed by atoms with Crippen molar-refractivity contribution in [2.45, 2.75) is 38.8 Å². The summed E-state index contributed by atoms with van der Waals surface area (Å²) in [6, 6.07) is 3.55. The Hall–Kier alpha value is -2.19. The van der Waals surface area contributed by atoms with E-state index in [4.69, 9.17) is 0 Å². The third kappa shape index (κ3) is 5.67. The Kier molecular flexibility index (Phi) is 7.83. The topological polar surface area (TPSA) is 84.3 Å². The first-order valence-corrected chi connectivity index (χ1v) is 10.7. The number of amides is 1. The zero-order chi connectivity index (χ0) is 20.6. The monoisotopic (exact) mass is 402 g/mol. The van der Waals surface area contributed by atoms with E-state index in [1.165, 1.54) is 0 Å². The van der Waals surface area contributed by atoms with E-state index in [0.29, 0.717) is 6.54 Å². The Morgan fingerprint density at radius 1 is 1.14 bits per heavy atom. The highest BCUT2D eigenvalue weighted by Gasteiger charge is 2.30. The first-order valence-electron chi connectivity index (χ1n) is 10.7. The van der Waals surface area contributed by atoms with E-state index >= 15 is 0 Å². The van der Waals surface area contributed by atoms with Crippen molar-refractivity contribution in [1.82, 2.24) is 25.0 Å². The Labute approximate surface area is 173 Å². The number of nitrogens with zero attached hydrogens (tertiary/aromatic N) is 5. The highest BCUT2D eigenvalue weighted by Crippen LogP contribution is 2.15. The van der Waals surface area contributed by atoms with Crippen molar-refractivity contribution in [3.05, 3.63) is 30.1 Å². The van der Waals surface area contributed by atoms with Crippen LogP contribution in [0.3, 0.4) is 0 Å². The van der Waals surface area contributed by atoms with Gasteiger partial charge in [-0.1, -0.05) is 0 Å². The minimum atomic E-state index is -0.647. The molecule has 2 atom stereocenters. The summed E-state index contributed by atoms with van der Waals surface area (Å²) in [5.74, 6) is 1.08. The Morgan fingerprint density at radius 2 is 1.79 bits per heavy atom. The number of rotatable bonds is 6. The van der Waals surface area contributed by atoms with Gasteiger partial charge in [-0.05, 0) is 44.4 Å². The van der Waals surface area contributed by atoms with Crippen molar-refractivity contribution < 1.29 is 9.90 Å². The molecular weight excluding hydrogens is 368 g/mol. The minimum absolute atomic E-state index is 0.0664. The molecule has 3 rings (SSSR count). The average molecular weight is 403 g/mol. The Bertz CT molecular complexity index is 669. The summed E-state index contributed by atoms with van der Waals surface area (Å²) >= 11 is 0. The second-order valence-electron chi connectivity index (χ2n) is 7.72. The van der Waals surface area contributed by atoms with Gasteiger partial charge in [-0.3, -0.25) is 19.7 Å². The molecule has 0 aliphatic carbocycles. The second kappa shape index (κ2) is 10.5. The van der Waals surface area contributed by atoms with Gasteiger partial charge >= 0.3 is 0 Å². The fraction of sp³-hybridized carbons (Fsp3) is 0.667. The lowest BCUT2D eigenvalue weighted by Gasteiger charge is -2.39. The number of aliphatic hydroxyl groups is 1. The molecule has 1 aromatic rings. The van der Waals surface area contributed by atoms with Crippen molar-refractivity contribution in [2.75, 3.05) is 52.4 Å². The molecule has 2 saturated heterocycles. The van der Waals surface area contributed by atoms with E-state index in [2.05, 4.69) is 25.1 Å². The first kappa shape index (κ1) is 21.5. The van der Waals surface area contributed by atoms with Gasteiger partial charge in [0.25, 0.3) is 0 Å². The molecule has 2 aliphatic heterocycles. The number of aliphatic imine (C=N–C) groups is 1. The standard InChI is InChI=1S/C21H34N6O2/c1-3-23-21(24-16-19(28)18-6-8-22-9-7-18)27-14-12-25(13-15-27)17(2)20(29)26-10-4-5-11-26/h6-9,17,19,28H,3-5,10-16H2,1-2H3,(H,23,24). The van der Waals surface area contributed by atoms with Gasteiger partial charge in [-0.25, -0.2) is 0 Å². The lowest BCUT2D eigenvalue weighted by molar-refractivity contribution is -0.135. The summed E-state index contributed by atoms with van der Waals surface area (Å²) in [5, 5.41) is 13.7. The van der Waals surface area contributed by atoms with Crippen molar-refractivity contribution in [3.63, 3.8) is 0 Å². The Balaban J connectivity index is 1.54. The minimum Gasteiger partial charge on any atom is -0.386 e. The summed E-state index contributed by atoms with van der Waals surface area (Å²) in [4.78, 5) is 27.8. The second-order valence-corrected chi connectivity index (χ2v) is 7.72. The molecule has 8 heteroatoms. The number of carbonyl (C=O) groups excluding carboxylic acids is 1. The van der Waals surface area contributed by atoms with Crippen LogP contribution in [0.1, 0.15) is 38.4 Å². The van der Waals surface area contributed by atoms with Crippen molar-refractivity contribution >= 4 is 11.9 Å². The molecule has 0 saturated carbocycles. The van der Waals surface area contributed by atoms with Gasteiger partial charge in [0.15, 0.2) is 5.96 Å². The molecule has 2 unspecified atom stereocenters. The van der Waals surface area contributed by atoms with Gasteiger partial charge in [0.2, 0.25) is 5.91 Å². The molecule has 160 valence electrons. The smallest absolute Gasteiger partial charge is 0.239 e. The summed E-state index contributed by atoms with van der Waals surface area (Å²) in [7, 11) is 0. The molecule has 3 heterocycles. The predicted molar refractivity (Wildman–Crippen MR) is 114 cm³/mol. The number of guanidine groups is 1. The van der Waals surface area contributed by atoms with Crippen LogP contribution in [-0.2, 0) is 4.79 Å². The van der Waals surface area contributed by atoms with Gasteiger partial charge in [0, 0.05) is 58.2 Å². The third-order valence-electron chi connectivity index (χ3n) is 5.78. The number of nitrogens with one attached hydrogen (secondary N) is 1. The van der Waals surface area contributed by atoms with E-state index in [9.17, 15) is 9.90 Å². The third-order valence-corrected chi connectivity index (χ3v) is 5.78. The van der Waals surface area contributed by atoms with Crippen molar-refractivity contribution in [1.29, 1.82) is 0 Å². The number of likely N-dealkylation sites (tertiary alicyclic amines) is 1. The normalized spacial score (nSPS) is 20.6. The number of hydrogen-bond acceptors (Lipinski definition) is 5. The lowest BCUT2D eigenvalue weighted by atomic mass is 10.1. The molecule has 2 aliphatic rings. The first-order chi connectivity index (χ1) is 14.1. The van der Waals surface area contributed by atoms with Gasteiger partial charge in [0.1, 0.15) is 0 Å². The van der Waals surface area contributed by atoms with Crippen LogP contribution >= 0.6 is 0 Å². The molecule has 2 fully saturated rings. The van der Waals surface area contributed by atoms with Gasteiger partial charge in [0.05, 0.1) is 18.7 Å². The van der Waals surface area contributed by atoms with Crippen LogP contribution in [0.4, 0.5) is 0 Å². The zero-order valence-corrected chi connectivity index (χ0v) is 17.6. The fourth-order valence-corrected chi connectivity index (χ4v) is 3.97. The number of pyridine rings is 1. The van der Waals surface area contributed by atoms with Gasteiger partial charge < -0.3 is 20.2 Å². The average Bonchev–Trinajstić information content (AvgIpc) is 3.31. The van der Waals surface area contributed by atoms with Crippen LogP contribution in [0.2, 0.25) is 0 Å². The fourth-order valence-electron chi connectivity index (χ4n) is 3.97. The molecule has 0 bridgehead atoms. The van der Waals surface area contributed by atoms with Gasteiger partial charge in [-0.15, -0.1) is 0 Å². The van der Waals surface area contributed by atoms with Crippen molar-refractivity contribution in [2.24, 2.45) is 4.99 Å². The van der Waals surface area contributed by atoms with Crippen LogP contribution in [-0.4, -0.2) is 95.1 Å². The van der Waals surface area contributed by atoms with Crippen LogP contribution in [0.25, 0.3) is 0 Å². The molecule has 0 radical (unpaired) electrons. The molecule has 29 heavy (non-hydrogen) atoms. The highest BCUT2D eigenvalue weighted by atomic mass is 16.3. The quantitative estimate of drug-likeness (QED) is 0.539. The highest BCUT2D eigenvalue weighted by molar-refractivity contribution is 5.82. The number of carbonyl (C=O) groups is 1. The molecule has 0 spiro atoms. The largest absolute Gasteiger partial charge is 0.386 e. The maximum absolute atomic E-state index is 12.7. The van der Waals surface area contributed by atoms with E-state index < -0.39 is 6.10 Å². The van der Waals surface area contributed by atoms with E-state index in [1.807, 2.05) is 30.9 Å². The Morgan fingerprint density at radius 3 is 2.41 bits per heavy atom. The summed E-state index contributed by atoms with van der Waals surface area (Å²) < 4.78 is 0. The van der Waals surface area contributed by atoms with E-state index in [-0.39, 0.29) is 11.9 Å². The lowest BCUT2D eigenvalue weighted by Crippen LogP contribution is -2.57. The predicted octanol–water partition coefficient (Wildman–Crippen LogP) is 0.709. The van der Waals surface area contributed by atoms with Crippen LogP contribution < -0.4 is 5.32 Å². The molecule has 1 aromatic heterocycles. The molecular formula is C21H34N6O2. The summed E-state index contributed by atoms with van der Waals surface area (Å²) in [6.45, 7) is 10.2. The molecule has 0 aromatic carbocycles. The molecule has 1 amide bonds. The summed E-state index contributed by atoms with van der Waals surface area (Å²) in [6.07, 6.45) is 4.96. The zero-order valence-electron chi connectivity index (χ0n) is 17.6. The maximum Gasteiger partial charge on any atom is 0.239 e. The number of hydrogen-bond donors (Lipinski definition) is 2. The maximum atomic E-state index is 12.7. The number of aliphatic hydroxyl groups excluding tert-OH is 1. The van der Waals surface area contributed by atoms with Crippen LogP contribution in [0.15, 0.2) is 29.5 Å². The van der Waals surface area contributed by atoms with Gasteiger partial charge in [-0.2, -0.15) is 0 Å². The molecule has 8 nitrogen and oxygen atoms in total. The SMILES string of the molecule is CCNC(=NCC(O)c1ccncc1)N1CCN(C(C)C(=O)N2CCCC2)CC1. The number of piperazine rings is 1. The van der Waals surface area contributed by atoms with E-state index in [0.717, 1.165) is 70.2 Å². The molecule has 2 N–H and O–H groups in total. The van der Waals surface area contributed by atoms with Crippen molar-refractivity contribution in [3.8, 4) is 0 Å². The summed E-state index contributed by atoms with van der Waals surface area (Å²) in [5.41, 5.74) is 0.818. The van der Waals surface area contributed by atoms with Crippen LogP contribution in [0, 0.1) is 0 Å². The van der Waals surface area contributed by atoms with E-state index in [1.54, 1.807) is 12.4 Å².